The van der Waals surface area contributed by atoms with Crippen molar-refractivity contribution in [3.8, 4) is 6.07 Å². The lowest BCUT2D eigenvalue weighted by molar-refractivity contribution is -0.137. The summed E-state index contributed by atoms with van der Waals surface area (Å²) in [6, 6.07) is 5.87. The number of aromatic nitrogens is 1. The highest BCUT2D eigenvalue weighted by Gasteiger charge is 2.45. The zero-order chi connectivity index (χ0) is 51.8. The molecule has 0 radical (unpaired) electrons. The van der Waals surface area contributed by atoms with Gasteiger partial charge in [0.2, 0.25) is 23.2 Å². The summed E-state index contributed by atoms with van der Waals surface area (Å²) in [6.07, 6.45) is 5.76. The summed E-state index contributed by atoms with van der Waals surface area (Å²) in [5.74, 6) is -5.01. The average Bonchev–Trinajstić information content (AvgIpc) is 4.02. The number of nitriles is 1. The highest BCUT2D eigenvalue weighted by Crippen LogP contribution is 2.41. The normalized spacial score (nSPS) is 18.1. The molecule has 7 N–H and O–H groups in total. The number of carbonyl (C=O) groups is 8. The summed E-state index contributed by atoms with van der Waals surface area (Å²) in [4.78, 5) is 118. The number of carboxylic acids is 1. The van der Waals surface area contributed by atoms with Crippen molar-refractivity contribution in [3.63, 3.8) is 0 Å². The number of unbranched alkanes of at least 4 members (excludes halogenated alkanes) is 2. The van der Waals surface area contributed by atoms with E-state index >= 15 is 4.39 Å². The van der Waals surface area contributed by atoms with Crippen molar-refractivity contribution in [2.24, 2.45) is 11.7 Å². The van der Waals surface area contributed by atoms with E-state index in [0.29, 0.717) is 43.4 Å². The minimum atomic E-state index is -1.46. The number of primary amides is 1. The third-order valence-corrected chi connectivity index (χ3v) is 13.0. The minimum Gasteiger partial charge on any atom is -0.477 e. The maximum Gasteiger partial charge on any atom is 0.410 e. The molecule has 1 unspecified atom stereocenters. The molecule has 8 amide bonds. The van der Waals surface area contributed by atoms with Crippen molar-refractivity contribution in [2.45, 2.75) is 102 Å². The van der Waals surface area contributed by atoms with Crippen LogP contribution in [0, 0.1) is 23.1 Å². The summed E-state index contributed by atoms with van der Waals surface area (Å²) in [6.45, 7) is 4.19. The van der Waals surface area contributed by atoms with Gasteiger partial charge >= 0.3 is 18.1 Å². The Bertz CT molecular complexity index is 2750. The van der Waals surface area contributed by atoms with E-state index in [4.69, 9.17) is 15.2 Å². The van der Waals surface area contributed by atoms with E-state index in [1.807, 2.05) is 0 Å². The standard InChI is InChI=1S/C49H57FN10O12/c1-27(2)41(56-38(61)8-4-3-5-18-59-39(62)15-16-40(59)63)46(66)55-35(7-6-17-53-48(52)69)45(65)54-29-11-9-28(10-12-29)26-72-49(70)58-19-20-71-37-25-57(24-36(37)58)43-32(22-51)42-31(21-34(43)50)44(64)33(47(67)68)23-60(42)30-13-14-30/h9-12,15-16,21,23,27,30,35-37,41H,3-8,13-14,17-20,24-26H2,1-2H3,(H,54,65)(H,55,66)(H,56,61)(H,67,68)(H3,52,53,69)/t35-,36+,37+,41?/m0/s1. The number of amides is 8. The average molecular weight is 997 g/mol. The Morgan fingerprint density at radius 3 is 2.35 bits per heavy atom. The highest BCUT2D eigenvalue weighted by molar-refractivity contribution is 6.12. The van der Waals surface area contributed by atoms with E-state index in [9.17, 15) is 53.5 Å². The molecule has 3 aromatic rings. The Hall–Kier alpha value is -7.87. The summed E-state index contributed by atoms with van der Waals surface area (Å²) in [5, 5.41) is 30.6. The van der Waals surface area contributed by atoms with E-state index in [1.165, 1.54) is 23.2 Å². The SMILES string of the molecule is CC(C)C(NC(=O)CCCCCN1C(=O)C=CC1=O)C(=O)N[C@@H](CCCNC(N)=O)C(=O)Nc1ccc(COC(=O)N2CCO[C@@H]3CN(c4c(F)cc5c(=O)c(C(=O)O)cn(C6CC6)c5c4C#N)C[C@H]32)cc1. The van der Waals surface area contributed by atoms with Gasteiger partial charge in [-0.1, -0.05) is 32.4 Å². The smallest absolute Gasteiger partial charge is 0.410 e. The highest BCUT2D eigenvalue weighted by atomic mass is 19.1. The monoisotopic (exact) mass is 996 g/mol. The number of imide groups is 1. The lowest BCUT2D eigenvalue weighted by atomic mass is 10.0. The van der Waals surface area contributed by atoms with Crippen LogP contribution in [0.1, 0.15) is 92.7 Å². The lowest BCUT2D eigenvalue weighted by Gasteiger charge is -2.35. The number of carbonyl (C=O) groups excluding carboxylic acids is 7. The van der Waals surface area contributed by atoms with Gasteiger partial charge < -0.3 is 51.0 Å². The second-order valence-electron chi connectivity index (χ2n) is 18.5. The van der Waals surface area contributed by atoms with Crippen LogP contribution in [-0.4, -0.2) is 131 Å². The summed E-state index contributed by atoms with van der Waals surface area (Å²) >= 11 is 0. The van der Waals surface area contributed by atoms with Crippen molar-refractivity contribution < 1.29 is 57.3 Å². The molecular formula is C49H57FN10O12. The van der Waals surface area contributed by atoms with Gasteiger partial charge in [-0.15, -0.1) is 0 Å². The van der Waals surface area contributed by atoms with Crippen LogP contribution in [0.4, 0.5) is 25.4 Å². The minimum absolute atomic E-state index is 0.0662. The van der Waals surface area contributed by atoms with Crippen LogP contribution in [-0.2, 0) is 40.1 Å². The number of pyridine rings is 1. The molecule has 1 aromatic heterocycles. The molecule has 1 saturated carbocycles. The molecule has 2 aromatic carbocycles. The summed E-state index contributed by atoms with van der Waals surface area (Å²) in [7, 11) is 0. The first-order valence-corrected chi connectivity index (χ1v) is 23.9. The van der Waals surface area contributed by atoms with Crippen LogP contribution in [0.15, 0.2) is 53.5 Å². The fraction of sp³-hybridized carbons (Fsp3) is 0.469. The predicted octanol–water partition coefficient (Wildman–Crippen LogP) is 2.77. The number of fused-ring (bicyclic) bond motifs is 2. The first kappa shape index (κ1) is 52.0. The van der Waals surface area contributed by atoms with Gasteiger partial charge in [-0.05, 0) is 68.2 Å². The largest absolute Gasteiger partial charge is 0.477 e. The number of carboxylic acid groups (broad SMARTS) is 1. The number of anilines is 2. The van der Waals surface area contributed by atoms with Crippen LogP contribution in [0.2, 0.25) is 0 Å². The number of benzene rings is 2. The number of aromatic carboxylic acids is 1. The van der Waals surface area contributed by atoms with Gasteiger partial charge in [-0.3, -0.25) is 38.6 Å². The predicted molar refractivity (Wildman–Crippen MR) is 256 cm³/mol. The molecule has 4 aliphatic rings. The van der Waals surface area contributed by atoms with Crippen LogP contribution < -0.4 is 37.3 Å². The van der Waals surface area contributed by atoms with E-state index in [2.05, 4.69) is 27.3 Å². The molecule has 23 heteroatoms. The Morgan fingerprint density at radius 2 is 1.69 bits per heavy atom. The molecule has 382 valence electrons. The number of urea groups is 1. The Balaban J connectivity index is 0.939. The van der Waals surface area contributed by atoms with Crippen LogP contribution in [0.3, 0.4) is 0 Å². The molecule has 2 saturated heterocycles. The number of hydrogen-bond acceptors (Lipinski definition) is 13. The molecule has 3 fully saturated rings. The zero-order valence-electron chi connectivity index (χ0n) is 39.8. The van der Waals surface area contributed by atoms with Gasteiger partial charge in [0.25, 0.3) is 11.8 Å². The van der Waals surface area contributed by atoms with E-state index < -0.39 is 70.9 Å². The number of rotatable bonds is 21. The fourth-order valence-electron chi connectivity index (χ4n) is 9.14. The molecule has 1 aliphatic carbocycles. The summed E-state index contributed by atoms with van der Waals surface area (Å²) in [5.41, 5.74) is 4.66. The van der Waals surface area contributed by atoms with Crippen molar-refractivity contribution >= 4 is 69.9 Å². The molecule has 4 heterocycles. The number of hydrogen-bond donors (Lipinski definition) is 6. The Morgan fingerprint density at radius 1 is 0.972 bits per heavy atom. The van der Waals surface area contributed by atoms with Crippen LogP contribution >= 0.6 is 0 Å². The van der Waals surface area contributed by atoms with Crippen molar-refractivity contribution in [1.82, 2.24) is 30.3 Å². The second kappa shape index (κ2) is 22.9. The zero-order valence-corrected chi connectivity index (χ0v) is 39.8. The molecule has 0 bridgehead atoms. The first-order chi connectivity index (χ1) is 34.4. The van der Waals surface area contributed by atoms with E-state index in [1.54, 1.807) is 47.6 Å². The van der Waals surface area contributed by atoms with Gasteiger partial charge in [-0.25, -0.2) is 18.8 Å². The van der Waals surface area contributed by atoms with Gasteiger partial charge in [-0.2, -0.15) is 5.26 Å². The number of ether oxygens (including phenoxy) is 2. The molecule has 22 nitrogen and oxygen atoms in total. The van der Waals surface area contributed by atoms with Gasteiger partial charge in [0.05, 0.1) is 35.3 Å². The van der Waals surface area contributed by atoms with Crippen molar-refractivity contribution in [1.29, 1.82) is 5.26 Å². The van der Waals surface area contributed by atoms with Gasteiger partial charge in [0, 0.05) is 69.2 Å². The third-order valence-electron chi connectivity index (χ3n) is 13.0. The van der Waals surface area contributed by atoms with Crippen molar-refractivity contribution in [3.05, 3.63) is 81.4 Å². The first-order valence-electron chi connectivity index (χ1n) is 23.9. The Kier molecular flexibility index (Phi) is 16.5. The number of nitrogens with two attached hydrogens (primary N) is 1. The molecule has 4 atom stereocenters. The molecular weight excluding hydrogens is 940 g/mol. The summed E-state index contributed by atoms with van der Waals surface area (Å²) < 4.78 is 29.3. The molecule has 0 spiro atoms. The maximum absolute atomic E-state index is 16.1. The third kappa shape index (κ3) is 12.2. The number of nitrogens with one attached hydrogen (secondary N) is 4. The molecule has 3 aliphatic heterocycles. The van der Waals surface area contributed by atoms with Crippen LogP contribution in [0.5, 0.6) is 0 Å². The van der Waals surface area contributed by atoms with E-state index in [-0.39, 0.29) is 117 Å². The van der Waals surface area contributed by atoms with E-state index in [0.717, 1.165) is 11.0 Å². The van der Waals surface area contributed by atoms with Crippen molar-refractivity contribution in [2.75, 3.05) is 49.5 Å². The quantitative estimate of drug-likeness (QED) is 0.0661. The maximum atomic E-state index is 16.1. The second-order valence-corrected chi connectivity index (χ2v) is 18.5. The molecule has 7 rings (SSSR count). The fourth-order valence-corrected chi connectivity index (χ4v) is 9.14. The number of nitrogens with zero attached hydrogens (tertiary/aromatic N) is 5. The van der Waals surface area contributed by atoms with Crippen LogP contribution in [0.25, 0.3) is 10.9 Å². The van der Waals surface area contributed by atoms with Gasteiger partial charge in [0.15, 0.2) is 0 Å². The molecule has 72 heavy (non-hydrogen) atoms. The Labute approximate surface area is 412 Å². The van der Waals surface area contributed by atoms with Gasteiger partial charge in [0.1, 0.15) is 41.7 Å². The number of halogens is 1. The lowest BCUT2D eigenvalue weighted by Crippen LogP contribution is -2.54. The topological polar surface area (TPSA) is 305 Å². The number of morpholine rings is 1.